The molecule has 24 heavy (non-hydrogen) atoms. The lowest BCUT2D eigenvalue weighted by molar-refractivity contribution is -0.120. The Labute approximate surface area is 142 Å². The quantitative estimate of drug-likeness (QED) is 0.781. The standard InChI is InChI=1S/C19H24N2O3/c1-3-21(16-9-5-4-6-10-16)14-19(23)20-13-18(22)15-8-7-11-17(12-15)24-2/h4-12,18,22H,3,13-14H2,1-2H3,(H,20,23). The largest absolute Gasteiger partial charge is 0.497 e. The smallest absolute Gasteiger partial charge is 0.239 e. The molecule has 2 N–H and O–H groups in total. The first kappa shape index (κ1) is 17.8. The topological polar surface area (TPSA) is 61.8 Å². The number of likely N-dealkylation sites (N-methyl/N-ethyl adjacent to an activating group) is 1. The van der Waals surface area contributed by atoms with E-state index in [9.17, 15) is 9.90 Å². The predicted molar refractivity (Wildman–Crippen MR) is 95.3 cm³/mol. The van der Waals surface area contributed by atoms with Gasteiger partial charge in [0.25, 0.3) is 0 Å². The highest BCUT2D eigenvalue weighted by atomic mass is 16.5. The van der Waals surface area contributed by atoms with Crippen LogP contribution in [-0.4, -0.2) is 37.8 Å². The molecular weight excluding hydrogens is 304 g/mol. The van der Waals surface area contributed by atoms with E-state index in [4.69, 9.17) is 4.74 Å². The Bertz CT molecular complexity index is 646. The third kappa shape index (κ3) is 4.99. The minimum absolute atomic E-state index is 0.123. The van der Waals surface area contributed by atoms with Gasteiger partial charge in [-0.2, -0.15) is 0 Å². The van der Waals surface area contributed by atoms with Crippen LogP contribution in [0.2, 0.25) is 0 Å². The Balaban J connectivity index is 1.87. The van der Waals surface area contributed by atoms with Gasteiger partial charge in [-0.15, -0.1) is 0 Å². The van der Waals surface area contributed by atoms with Crippen molar-refractivity contribution < 1.29 is 14.6 Å². The highest BCUT2D eigenvalue weighted by molar-refractivity contribution is 5.81. The van der Waals surface area contributed by atoms with Crippen LogP contribution in [0.1, 0.15) is 18.6 Å². The lowest BCUT2D eigenvalue weighted by atomic mass is 10.1. The zero-order valence-electron chi connectivity index (χ0n) is 14.1. The molecule has 0 radical (unpaired) electrons. The highest BCUT2D eigenvalue weighted by Crippen LogP contribution is 2.18. The molecule has 0 saturated heterocycles. The molecule has 5 nitrogen and oxygen atoms in total. The SMILES string of the molecule is CCN(CC(=O)NCC(O)c1cccc(OC)c1)c1ccccc1. The number of nitrogens with one attached hydrogen (secondary N) is 1. The van der Waals surface area contributed by atoms with E-state index in [0.29, 0.717) is 11.3 Å². The third-order valence-electron chi connectivity index (χ3n) is 3.81. The Hall–Kier alpha value is -2.53. The Morgan fingerprint density at radius 1 is 1.21 bits per heavy atom. The van der Waals surface area contributed by atoms with Crippen molar-refractivity contribution in [2.75, 3.05) is 31.6 Å². The van der Waals surface area contributed by atoms with Gasteiger partial charge in [0, 0.05) is 18.8 Å². The molecule has 0 saturated carbocycles. The van der Waals surface area contributed by atoms with Gasteiger partial charge >= 0.3 is 0 Å². The second-order valence-corrected chi connectivity index (χ2v) is 5.45. The normalized spacial score (nSPS) is 11.6. The Morgan fingerprint density at radius 3 is 2.62 bits per heavy atom. The molecule has 0 aliphatic rings. The maximum absolute atomic E-state index is 12.2. The van der Waals surface area contributed by atoms with E-state index < -0.39 is 6.10 Å². The van der Waals surface area contributed by atoms with Gasteiger partial charge < -0.3 is 20.1 Å². The molecule has 2 aromatic carbocycles. The molecule has 5 heteroatoms. The summed E-state index contributed by atoms with van der Waals surface area (Å²) in [5.74, 6) is 0.557. The first-order valence-corrected chi connectivity index (χ1v) is 8.02. The average Bonchev–Trinajstić information content (AvgIpc) is 2.64. The summed E-state index contributed by atoms with van der Waals surface area (Å²) in [4.78, 5) is 14.1. The van der Waals surface area contributed by atoms with Gasteiger partial charge in [0.1, 0.15) is 5.75 Å². The molecule has 2 rings (SSSR count). The monoisotopic (exact) mass is 328 g/mol. The summed E-state index contributed by atoms with van der Waals surface area (Å²) in [6.45, 7) is 3.16. The number of nitrogens with zero attached hydrogens (tertiary/aromatic N) is 1. The van der Waals surface area contributed by atoms with Crippen LogP contribution in [0.3, 0.4) is 0 Å². The van der Waals surface area contributed by atoms with Crippen LogP contribution in [0.5, 0.6) is 5.75 Å². The number of benzene rings is 2. The van der Waals surface area contributed by atoms with Gasteiger partial charge in [0.05, 0.1) is 19.8 Å². The number of hydrogen-bond acceptors (Lipinski definition) is 4. The summed E-state index contributed by atoms with van der Waals surface area (Å²) in [5, 5.41) is 13.0. The number of hydrogen-bond donors (Lipinski definition) is 2. The second-order valence-electron chi connectivity index (χ2n) is 5.45. The van der Waals surface area contributed by atoms with E-state index >= 15 is 0 Å². The lowest BCUT2D eigenvalue weighted by Gasteiger charge is -2.23. The van der Waals surface area contributed by atoms with Crippen molar-refractivity contribution in [2.24, 2.45) is 0 Å². The number of ether oxygens (including phenoxy) is 1. The van der Waals surface area contributed by atoms with Gasteiger partial charge in [-0.1, -0.05) is 30.3 Å². The summed E-state index contributed by atoms with van der Waals surface area (Å²) < 4.78 is 5.14. The van der Waals surface area contributed by atoms with E-state index in [1.54, 1.807) is 13.2 Å². The van der Waals surface area contributed by atoms with Crippen LogP contribution in [0.15, 0.2) is 54.6 Å². The highest BCUT2D eigenvalue weighted by Gasteiger charge is 2.13. The molecule has 0 aliphatic heterocycles. The number of aliphatic hydroxyl groups excluding tert-OH is 1. The molecule has 1 atom stereocenters. The fourth-order valence-electron chi connectivity index (χ4n) is 2.43. The number of anilines is 1. The number of carbonyl (C=O) groups excluding carboxylic acids is 1. The van der Waals surface area contributed by atoms with Crippen molar-refractivity contribution in [3.05, 3.63) is 60.2 Å². The maximum atomic E-state index is 12.2. The molecule has 0 bridgehead atoms. The predicted octanol–water partition coefficient (Wildman–Crippen LogP) is 2.37. The van der Waals surface area contributed by atoms with Crippen LogP contribution in [0, 0.1) is 0 Å². The first-order chi connectivity index (χ1) is 11.6. The number of methoxy groups -OCH3 is 1. The lowest BCUT2D eigenvalue weighted by Crippen LogP contribution is -2.38. The number of para-hydroxylation sites is 1. The minimum Gasteiger partial charge on any atom is -0.497 e. The van der Waals surface area contributed by atoms with Crippen LogP contribution in [0.4, 0.5) is 5.69 Å². The maximum Gasteiger partial charge on any atom is 0.239 e. The summed E-state index contributed by atoms with van der Waals surface area (Å²) >= 11 is 0. The number of carbonyl (C=O) groups is 1. The van der Waals surface area contributed by atoms with Crippen molar-refractivity contribution >= 4 is 11.6 Å². The van der Waals surface area contributed by atoms with Crippen molar-refractivity contribution in [1.82, 2.24) is 5.32 Å². The van der Waals surface area contributed by atoms with Crippen molar-refractivity contribution in [3.8, 4) is 5.75 Å². The van der Waals surface area contributed by atoms with Gasteiger partial charge in [-0.05, 0) is 36.8 Å². The Kier molecular flexibility index (Phi) is 6.63. The fraction of sp³-hybridized carbons (Fsp3) is 0.316. The third-order valence-corrected chi connectivity index (χ3v) is 3.81. The summed E-state index contributed by atoms with van der Waals surface area (Å²) in [7, 11) is 1.58. The Morgan fingerprint density at radius 2 is 1.96 bits per heavy atom. The molecule has 0 fully saturated rings. The van der Waals surface area contributed by atoms with Gasteiger partial charge in [-0.3, -0.25) is 4.79 Å². The van der Waals surface area contributed by atoms with E-state index in [0.717, 1.165) is 12.2 Å². The fourth-order valence-corrected chi connectivity index (χ4v) is 2.43. The molecule has 0 aromatic heterocycles. The molecule has 1 unspecified atom stereocenters. The van der Waals surface area contributed by atoms with E-state index in [-0.39, 0.29) is 19.0 Å². The van der Waals surface area contributed by atoms with Crippen molar-refractivity contribution in [1.29, 1.82) is 0 Å². The van der Waals surface area contributed by atoms with Gasteiger partial charge in [0.15, 0.2) is 0 Å². The van der Waals surface area contributed by atoms with E-state index in [1.807, 2.05) is 60.4 Å². The van der Waals surface area contributed by atoms with Crippen LogP contribution >= 0.6 is 0 Å². The number of aliphatic hydroxyl groups is 1. The van der Waals surface area contributed by atoms with Crippen LogP contribution < -0.4 is 15.0 Å². The van der Waals surface area contributed by atoms with Gasteiger partial charge in [-0.25, -0.2) is 0 Å². The zero-order valence-corrected chi connectivity index (χ0v) is 14.1. The number of amides is 1. The molecule has 0 heterocycles. The molecule has 128 valence electrons. The first-order valence-electron chi connectivity index (χ1n) is 8.02. The minimum atomic E-state index is -0.768. The zero-order chi connectivity index (χ0) is 17.4. The van der Waals surface area contributed by atoms with Crippen molar-refractivity contribution in [2.45, 2.75) is 13.0 Å². The summed E-state index contributed by atoms with van der Waals surface area (Å²) in [6, 6.07) is 17.0. The summed E-state index contributed by atoms with van der Waals surface area (Å²) in [5.41, 5.74) is 1.72. The van der Waals surface area contributed by atoms with Crippen LogP contribution in [-0.2, 0) is 4.79 Å². The molecule has 0 spiro atoms. The van der Waals surface area contributed by atoms with Gasteiger partial charge in [0.2, 0.25) is 5.91 Å². The number of rotatable bonds is 8. The molecular formula is C19H24N2O3. The summed E-state index contributed by atoms with van der Waals surface area (Å²) in [6.07, 6.45) is -0.768. The van der Waals surface area contributed by atoms with Crippen molar-refractivity contribution in [3.63, 3.8) is 0 Å². The van der Waals surface area contributed by atoms with E-state index in [2.05, 4.69) is 5.32 Å². The van der Waals surface area contributed by atoms with E-state index in [1.165, 1.54) is 0 Å². The molecule has 0 aliphatic carbocycles. The van der Waals surface area contributed by atoms with Crippen LogP contribution in [0.25, 0.3) is 0 Å². The molecule has 2 aromatic rings. The second kappa shape index (κ2) is 8.93. The molecule has 1 amide bonds. The average molecular weight is 328 g/mol.